The van der Waals surface area contributed by atoms with Gasteiger partial charge < -0.3 is 10.1 Å². The van der Waals surface area contributed by atoms with E-state index < -0.39 is 0 Å². The molecule has 0 radical (unpaired) electrons. The molecule has 0 spiro atoms. The zero-order valence-electron chi connectivity index (χ0n) is 12.4. The summed E-state index contributed by atoms with van der Waals surface area (Å²) in [5.41, 5.74) is 2.89. The van der Waals surface area contributed by atoms with Crippen LogP contribution in [0.25, 0.3) is 0 Å². The van der Waals surface area contributed by atoms with Crippen molar-refractivity contribution in [3.05, 3.63) is 59.4 Å². The van der Waals surface area contributed by atoms with E-state index in [1.54, 1.807) is 13.2 Å². The van der Waals surface area contributed by atoms with Crippen LogP contribution in [-0.2, 0) is 0 Å². The van der Waals surface area contributed by atoms with Gasteiger partial charge in [0, 0.05) is 6.04 Å². The van der Waals surface area contributed by atoms with Gasteiger partial charge in [0.2, 0.25) is 0 Å². The van der Waals surface area contributed by atoms with Gasteiger partial charge in [0.1, 0.15) is 11.6 Å². The first-order valence-electron chi connectivity index (χ1n) is 7.32. The van der Waals surface area contributed by atoms with E-state index in [9.17, 15) is 4.39 Å². The highest BCUT2D eigenvalue weighted by Gasteiger charge is 2.30. The highest BCUT2D eigenvalue weighted by atomic mass is 19.1. The van der Waals surface area contributed by atoms with Gasteiger partial charge in [0.25, 0.3) is 0 Å². The Labute approximate surface area is 125 Å². The molecule has 110 valence electrons. The summed E-state index contributed by atoms with van der Waals surface area (Å²) >= 11 is 0. The van der Waals surface area contributed by atoms with Gasteiger partial charge in [-0.2, -0.15) is 0 Å². The van der Waals surface area contributed by atoms with Gasteiger partial charge in [-0.15, -0.1) is 0 Å². The van der Waals surface area contributed by atoms with Gasteiger partial charge in [0.15, 0.2) is 0 Å². The molecular formula is C18H20FNO. The molecule has 1 fully saturated rings. The summed E-state index contributed by atoms with van der Waals surface area (Å²) in [5.74, 6) is 1.28. The van der Waals surface area contributed by atoms with Crippen LogP contribution >= 0.6 is 0 Å². The van der Waals surface area contributed by atoms with E-state index in [2.05, 4.69) is 17.4 Å². The predicted octanol–water partition coefficient (Wildman–Crippen LogP) is 4.50. The molecule has 0 amide bonds. The van der Waals surface area contributed by atoms with Gasteiger partial charge in [-0.1, -0.05) is 18.2 Å². The molecule has 21 heavy (non-hydrogen) atoms. The van der Waals surface area contributed by atoms with Gasteiger partial charge >= 0.3 is 0 Å². The molecule has 0 heterocycles. The van der Waals surface area contributed by atoms with Crippen molar-refractivity contribution in [3.63, 3.8) is 0 Å². The average Bonchev–Trinajstić information content (AvgIpc) is 2.44. The molecule has 3 heteroatoms. The van der Waals surface area contributed by atoms with Gasteiger partial charge in [-0.05, 0) is 61.1 Å². The van der Waals surface area contributed by atoms with Crippen molar-refractivity contribution in [2.24, 2.45) is 0 Å². The summed E-state index contributed by atoms with van der Waals surface area (Å²) in [4.78, 5) is 0. The van der Waals surface area contributed by atoms with Crippen molar-refractivity contribution in [2.75, 3.05) is 12.4 Å². The van der Waals surface area contributed by atoms with Crippen molar-refractivity contribution in [1.29, 1.82) is 0 Å². The van der Waals surface area contributed by atoms with Crippen LogP contribution in [0.3, 0.4) is 0 Å². The summed E-state index contributed by atoms with van der Waals surface area (Å²) in [5, 5.41) is 3.30. The molecule has 0 saturated heterocycles. The van der Waals surface area contributed by atoms with E-state index in [0.717, 1.165) is 24.2 Å². The quantitative estimate of drug-likeness (QED) is 0.893. The first-order valence-corrected chi connectivity index (χ1v) is 7.32. The number of methoxy groups -OCH3 is 1. The summed E-state index contributed by atoms with van der Waals surface area (Å²) in [6, 6.07) is 13.9. The van der Waals surface area contributed by atoms with Crippen molar-refractivity contribution >= 4 is 5.69 Å². The third kappa shape index (κ3) is 3.02. The highest BCUT2D eigenvalue weighted by Crippen LogP contribution is 2.39. The lowest BCUT2D eigenvalue weighted by Crippen LogP contribution is -2.34. The van der Waals surface area contributed by atoms with E-state index in [1.807, 2.05) is 31.2 Å². The van der Waals surface area contributed by atoms with Gasteiger partial charge in [0.05, 0.1) is 12.8 Å². The predicted molar refractivity (Wildman–Crippen MR) is 83.5 cm³/mol. The smallest absolute Gasteiger partial charge is 0.146 e. The fraction of sp³-hybridized carbons (Fsp3) is 0.333. The fourth-order valence-electron chi connectivity index (χ4n) is 2.84. The van der Waals surface area contributed by atoms with Crippen LogP contribution in [0.2, 0.25) is 0 Å². The van der Waals surface area contributed by atoms with Crippen LogP contribution in [0, 0.1) is 12.7 Å². The van der Waals surface area contributed by atoms with Gasteiger partial charge in [-0.3, -0.25) is 0 Å². The molecular weight excluding hydrogens is 265 g/mol. The molecule has 2 aromatic rings. The monoisotopic (exact) mass is 285 g/mol. The SMILES string of the molecule is COc1ccc(C2CC(Nc3ccc(C)cc3F)C2)cc1. The molecule has 3 rings (SSSR count). The Kier molecular flexibility index (Phi) is 3.82. The molecule has 1 aliphatic rings. The molecule has 1 aliphatic carbocycles. The minimum Gasteiger partial charge on any atom is -0.497 e. The number of rotatable bonds is 4. The summed E-state index contributed by atoms with van der Waals surface area (Å²) in [6.07, 6.45) is 2.08. The summed E-state index contributed by atoms with van der Waals surface area (Å²) in [7, 11) is 1.68. The van der Waals surface area contributed by atoms with Crippen LogP contribution in [-0.4, -0.2) is 13.2 Å². The van der Waals surface area contributed by atoms with Crippen molar-refractivity contribution < 1.29 is 9.13 Å². The van der Waals surface area contributed by atoms with Crippen molar-refractivity contribution in [3.8, 4) is 5.75 Å². The average molecular weight is 285 g/mol. The maximum atomic E-state index is 13.8. The summed E-state index contributed by atoms with van der Waals surface area (Å²) < 4.78 is 19.0. The molecule has 0 aliphatic heterocycles. The van der Waals surface area contributed by atoms with Crippen LogP contribution in [0.5, 0.6) is 5.75 Å². The lowest BCUT2D eigenvalue weighted by molar-refractivity contribution is 0.371. The van der Waals surface area contributed by atoms with E-state index in [0.29, 0.717) is 17.6 Å². The third-order valence-corrected chi connectivity index (χ3v) is 4.21. The Morgan fingerprint density at radius 2 is 1.81 bits per heavy atom. The highest BCUT2D eigenvalue weighted by molar-refractivity contribution is 5.48. The first kappa shape index (κ1) is 13.9. The fourth-order valence-corrected chi connectivity index (χ4v) is 2.84. The Morgan fingerprint density at radius 3 is 2.43 bits per heavy atom. The minimum atomic E-state index is -0.164. The van der Waals surface area contributed by atoms with E-state index >= 15 is 0 Å². The number of hydrogen-bond acceptors (Lipinski definition) is 2. The number of nitrogens with one attached hydrogen (secondary N) is 1. The zero-order valence-corrected chi connectivity index (χ0v) is 12.4. The van der Waals surface area contributed by atoms with E-state index in [1.165, 1.54) is 5.56 Å². The number of benzene rings is 2. The Bertz CT molecular complexity index is 618. The largest absolute Gasteiger partial charge is 0.497 e. The van der Waals surface area contributed by atoms with Crippen LogP contribution in [0.4, 0.5) is 10.1 Å². The Hall–Kier alpha value is -2.03. The molecule has 0 unspecified atom stereocenters. The number of aryl methyl sites for hydroxylation is 1. The molecule has 0 atom stereocenters. The van der Waals surface area contributed by atoms with Crippen molar-refractivity contribution in [1.82, 2.24) is 0 Å². The van der Waals surface area contributed by atoms with Gasteiger partial charge in [-0.25, -0.2) is 4.39 Å². The third-order valence-electron chi connectivity index (χ3n) is 4.21. The second kappa shape index (κ2) is 5.76. The first-order chi connectivity index (χ1) is 10.2. The molecule has 1 N–H and O–H groups in total. The lowest BCUT2D eigenvalue weighted by Gasteiger charge is -2.37. The number of anilines is 1. The molecule has 2 nitrogen and oxygen atoms in total. The number of hydrogen-bond donors (Lipinski definition) is 1. The van der Waals surface area contributed by atoms with Crippen molar-refractivity contribution in [2.45, 2.75) is 31.7 Å². The number of ether oxygens (including phenoxy) is 1. The van der Waals surface area contributed by atoms with E-state index in [-0.39, 0.29) is 5.82 Å². The maximum absolute atomic E-state index is 13.8. The Morgan fingerprint density at radius 1 is 1.10 bits per heavy atom. The zero-order chi connectivity index (χ0) is 14.8. The standard InChI is InChI=1S/C18H20FNO/c1-12-3-8-18(17(19)9-12)20-15-10-14(11-15)13-4-6-16(21-2)7-5-13/h3-9,14-15,20H,10-11H2,1-2H3. The maximum Gasteiger partial charge on any atom is 0.146 e. The molecule has 1 saturated carbocycles. The normalized spacial score (nSPS) is 20.7. The molecule has 2 aromatic carbocycles. The molecule has 0 bridgehead atoms. The number of halogens is 1. The topological polar surface area (TPSA) is 21.3 Å². The second-order valence-electron chi connectivity index (χ2n) is 5.77. The lowest BCUT2D eigenvalue weighted by atomic mass is 9.76. The van der Waals surface area contributed by atoms with Crippen LogP contribution in [0.1, 0.15) is 29.9 Å². The summed E-state index contributed by atoms with van der Waals surface area (Å²) in [6.45, 7) is 1.90. The van der Waals surface area contributed by atoms with E-state index in [4.69, 9.17) is 4.74 Å². The molecule has 0 aromatic heterocycles. The Balaban J connectivity index is 1.57. The minimum absolute atomic E-state index is 0.164. The second-order valence-corrected chi connectivity index (χ2v) is 5.77. The van der Waals surface area contributed by atoms with Crippen LogP contribution < -0.4 is 10.1 Å². The van der Waals surface area contributed by atoms with Crippen LogP contribution in [0.15, 0.2) is 42.5 Å².